The highest BCUT2D eigenvalue weighted by Crippen LogP contribution is 2.33. The Morgan fingerprint density at radius 3 is 2.57 bits per heavy atom. The van der Waals surface area contributed by atoms with Gasteiger partial charge in [-0.3, -0.25) is 4.79 Å². The van der Waals surface area contributed by atoms with E-state index < -0.39 is 0 Å². The van der Waals surface area contributed by atoms with Gasteiger partial charge in [-0.15, -0.1) is 11.3 Å². The Hall–Kier alpha value is -1.72. The average molecular weight is 331 g/mol. The Kier molecular flexibility index (Phi) is 5.91. The van der Waals surface area contributed by atoms with Crippen molar-refractivity contribution in [2.45, 2.75) is 45.7 Å². The summed E-state index contributed by atoms with van der Waals surface area (Å²) in [5.74, 6) is 0.129. The lowest BCUT2D eigenvalue weighted by Crippen LogP contribution is -2.30. The number of aromatic nitrogens is 1. The highest BCUT2D eigenvalue weighted by Gasteiger charge is 2.22. The Morgan fingerprint density at radius 1 is 1.30 bits per heavy atom. The molecule has 0 fully saturated rings. The quantitative estimate of drug-likeness (QED) is 0.876. The fourth-order valence-corrected chi connectivity index (χ4v) is 3.59. The first-order valence-corrected chi connectivity index (χ1v) is 8.75. The van der Waals surface area contributed by atoms with Crippen molar-refractivity contribution in [3.05, 3.63) is 40.9 Å². The topological polar surface area (TPSA) is 59.2 Å². The van der Waals surface area contributed by atoms with E-state index in [4.69, 9.17) is 5.73 Å². The molecule has 23 heavy (non-hydrogen) atoms. The van der Waals surface area contributed by atoms with Gasteiger partial charge in [0, 0.05) is 25.1 Å². The highest BCUT2D eigenvalue weighted by atomic mass is 32.1. The van der Waals surface area contributed by atoms with Crippen molar-refractivity contribution in [2.75, 3.05) is 7.05 Å². The molecule has 2 unspecified atom stereocenters. The normalized spacial score (nSPS) is 13.6. The Labute approximate surface area is 142 Å². The fraction of sp³-hybridized carbons (Fsp3) is 0.444. The van der Waals surface area contributed by atoms with E-state index in [9.17, 15) is 4.79 Å². The van der Waals surface area contributed by atoms with Crippen LogP contribution in [0.25, 0.3) is 10.6 Å². The van der Waals surface area contributed by atoms with Gasteiger partial charge in [0.05, 0.1) is 16.6 Å². The van der Waals surface area contributed by atoms with E-state index in [0.29, 0.717) is 12.8 Å². The number of hydrogen-bond donors (Lipinski definition) is 1. The summed E-state index contributed by atoms with van der Waals surface area (Å²) in [7, 11) is 1.86. The van der Waals surface area contributed by atoms with Gasteiger partial charge in [0.1, 0.15) is 5.01 Å². The van der Waals surface area contributed by atoms with Gasteiger partial charge in [-0.05, 0) is 27.2 Å². The maximum absolute atomic E-state index is 12.3. The molecule has 5 heteroatoms. The van der Waals surface area contributed by atoms with E-state index in [1.807, 2.05) is 39.1 Å². The van der Waals surface area contributed by atoms with Crippen molar-refractivity contribution in [3.8, 4) is 10.6 Å². The number of amides is 1. The molecule has 1 heterocycles. The van der Waals surface area contributed by atoms with Gasteiger partial charge in [-0.2, -0.15) is 0 Å². The van der Waals surface area contributed by atoms with Crippen LogP contribution in [0.3, 0.4) is 0 Å². The van der Waals surface area contributed by atoms with Gasteiger partial charge in [-0.25, -0.2) is 4.98 Å². The summed E-state index contributed by atoms with van der Waals surface area (Å²) < 4.78 is 0. The minimum absolute atomic E-state index is 0.0190. The number of thiazole rings is 1. The molecule has 1 aromatic heterocycles. The van der Waals surface area contributed by atoms with Crippen LogP contribution in [0.1, 0.15) is 43.3 Å². The monoisotopic (exact) mass is 331 g/mol. The van der Waals surface area contributed by atoms with Crippen LogP contribution in [0.2, 0.25) is 0 Å². The second kappa shape index (κ2) is 7.70. The maximum atomic E-state index is 12.3. The van der Waals surface area contributed by atoms with Gasteiger partial charge >= 0.3 is 0 Å². The molecular weight excluding hydrogens is 306 g/mol. The third kappa shape index (κ3) is 4.39. The lowest BCUT2D eigenvalue weighted by Gasteiger charge is -2.24. The van der Waals surface area contributed by atoms with Crippen molar-refractivity contribution in [1.29, 1.82) is 0 Å². The summed E-state index contributed by atoms with van der Waals surface area (Å²) >= 11 is 1.66. The average Bonchev–Trinajstić information content (AvgIpc) is 2.93. The number of nitrogens with zero attached hydrogens (tertiary/aromatic N) is 2. The number of benzene rings is 1. The molecule has 2 aromatic rings. The molecule has 1 amide bonds. The van der Waals surface area contributed by atoms with Crippen LogP contribution in [-0.4, -0.2) is 28.9 Å². The van der Waals surface area contributed by atoms with E-state index in [1.165, 1.54) is 0 Å². The molecule has 0 bridgehead atoms. The molecule has 0 radical (unpaired) electrons. The molecule has 2 N–H and O–H groups in total. The zero-order chi connectivity index (χ0) is 17.0. The summed E-state index contributed by atoms with van der Waals surface area (Å²) in [6.07, 6.45) is 1.20. The van der Waals surface area contributed by atoms with E-state index in [1.54, 1.807) is 16.2 Å². The summed E-state index contributed by atoms with van der Waals surface area (Å²) in [5, 5.41) is 1.00. The molecule has 0 saturated heterocycles. The van der Waals surface area contributed by atoms with Gasteiger partial charge in [-0.1, -0.05) is 30.3 Å². The fourth-order valence-electron chi connectivity index (χ4n) is 2.42. The SMILES string of the molecule is Cc1nc(-c2ccccc2)sc1C(C)N(C)C(=O)CCC(C)N. The minimum Gasteiger partial charge on any atom is -0.338 e. The summed E-state index contributed by atoms with van der Waals surface area (Å²) in [6.45, 7) is 5.99. The Morgan fingerprint density at radius 2 is 1.96 bits per heavy atom. The zero-order valence-electron chi connectivity index (χ0n) is 14.2. The Balaban J connectivity index is 2.15. The van der Waals surface area contributed by atoms with Crippen LogP contribution >= 0.6 is 11.3 Å². The largest absolute Gasteiger partial charge is 0.338 e. The number of aryl methyl sites for hydroxylation is 1. The van der Waals surface area contributed by atoms with Crippen molar-refractivity contribution in [3.63, 3.8) is 0 Å². The molecule has 4 nitrogen and oxygen atoms in total. The lowest BCUT2D eigenvalue weighted by molar-refractivity contribution is -0.131. The molecule has 0 aliphatic heterocycles. The minimum atomic E-state index is 0.0190. The maximum Gasteiger partial charge on any atom is 0.222 e. The van der Waals surface area contributed by atoms with Crippen molar-refractivity contribution in [2.24, 2.45) is 5.73 Å². The molecule has 0 aliphatic rings. The molecular formula is C18H25N3OS. The van der Waals surface area contributed by atoms with Crippen molar-refractivity contribution < 1.29 is 4.79 Å². The molecule has 124 valence electrons. The van der Waals surface area contributed by atoms with Crippen LogP contribution in [-0.2, 0) is 4.79 Å². The van der Waals surface area contributed by atoms with Crippen LogP contribution < -0.4 is 5.73 Å². The molecule has 2 atom stereocenters. The molecule has 0 saturated carbocycles. The number of carbonyl (C=O) groups is 1. The number of hydrogen-bond acceptors (Lipinski definition) is 4. The lowest BCUT2D eigenvalue weighted by atomic mass is 10.1. The third-order valence-electron chi connectivity index (χ3n) is 4.02. The van der Waals surface area contributed by atoms with Gasteiger partial charge in [0.2, 0.25) is 5.91 Å². The first-order chi connectivity index (χ1) is 10.9. The van der Waals surface area contributed by atoms with Crippen LogP contribution in [0, 0.1) is 6.92 Å². The molecule has 1 aromatic carbocycles. The van der Waals surface area contributed by atoms with Crippen LogP contribution in [0.15, 0.2) is 30.3 Å². The summed E-state index contributed by atoms with van der Waals surface area (Å²) in [6, 6.07) is 10.2. The summed E-state index contributed by atoms with van der Waals surface area (Å²) in [4.78, 5) is 19.9. The van der Waals surface area contributed by atoms with E-state index in [2.05, 4.69) is 24.0 Å². The van der Waals surface area contributed by atoms with Crippen molar-refractivity contribution >= 4 is 17.2 Å². The smallest absolute Gasteiger partial charge is 0.222 e. The van der Waals surface area contributed by atoms with Crippen LogP contribution in [0.4, 0.5) is 0 Å². The molecule has 0 spiro atoms. The van der Waals surface area contributed by atoms with E-state index >= 15 is 0 Å². The second-order valence-corrected chi connectivity index (χ2v) is 7.06. The van der Waals surface area contributed by atoms with Crippen molar-refractivity contribution in [1.82, 2.24) is 9.88 Å². The van der Waals surface area contributed by atoms with Gasteiger partial charge in [0.25, 0.3) is 0 Å². The Bertz CT molecular complexity index is 652. The first kappa shape index (κ1) is 17.6. The van der Waals surface area contributed by atoms with E-state index in [-0.39, 0.29) is 18.0 Å². The number of carbonyl (C=O) groups excluding carboxylic acids is 1. The molecule has 0 aliphatic carbocycles. The predicted molar refractivity (Wildman–Crippen MR) is 96.4 cm³/mol. The van der Waals surface area contributed by atoms with Gasteiger partial charge < -0.3 is 10.6 Å². The zero-order valence-corrected chi connectivity index (χ0v) is 15.1. The number of rotatable bonds is 6. The second-order valence-electron chi connectivity index (χ2n) is 6.03. The standard InChI is InChI=1S/C18H25N3OS/c1-12(19)10-11-16(22)21(4)14(3)17-13(2)20-18(23-17)15-8-6-5-7-9-15/h5-9,12,14H,10-11,19H2,1-4H3. The first-order valence-electron chi connectivity index (χ1n) is 7.94. The van der Waals surface area contributed by atoms with E-state index in [0.717, 1.165) is 21.1 Å². The third-order valence-corrected chi connectivity index (χ3v) is 5.40. The predicted octanol–water partition coefficient (Wildman–Crippen LogP) is 3.77. The molecule has 2 rings (SSSR count). The summed E-state index contributed by atoms with van der Waals surface area (Å²) in [5.41, 5.74) is 7.85. The highest BCUT2D eigenvalue weighted by molar-refractivity contribution is 7.15. The number of nitrogens with two attached hydrogens (primary N) is 1. The van der Waals surface area contributed by atoms with Crippen LogP contribution in [0.5, 0.6) is 0 Å². The van der Waals surface area contributed by atoms with Gasteiger partial charge in [0.15, 0.2) is 0 Å².